The van der Waals surface area contributed by atoms with Crippen LogP contribution in [0.4, 0.5) is 0 Å². The number of nitrogens with two attached hydrogens (primary N) is 1. The lowest BCUT2D eigenvalue weighted by molar-refractivity contribution is -0.752. The highest BCUT2D eigenvalue weighted by atomic mass is 32.2. The molecule has 3 rings (SSSR count). The van der Waals surface area contributed by atoms with Crippen molar-refractivity contribution in [3.05, 3.63) is 29.7 Å². The van der Waals surface area contributed by atoms with Crippen molar-refractivity contribution in [1.29, 1.82) is 0 Å². The van der Waals surface area contributed by atoms with Crippen molar-refractivity contribution in [3.8, 4) is 0 Å². The Kier molecular flexibility index (Phi) is 3.06. The van der Waals surface area contributed by atoms with Crippen LogP contribution in [-0.4, -0.2) is 38.6 Å². The number of rotatable bonds is 3. The molecule has 1 saturated heterocycles. The molecule has 0 saturated carbocycles. The minimum atomic E-state index is -1.32. The lowest BCUT2D eigenvalue weighted by Gasteiger charge is -2.49. The molecular weight excluding hydrogens is 280 g/mol. The molecule has 8 heteroatoms. The third-order valence-electron chi connectivity index (χ3n) is 3.60. The highest BCUT2D eigenvalue weighted by Gasteiger charge is 2.50. The van der Waals surface area contributed by atoms with Gasteiger partial charge in [0, 0.05) is 11.8 Å². The number of carboxylic acids is 1. The van der Waals surface area contributed by atoms with E-state index >= 15 is 0 Å². The number of carboxylic acid groups (broad SMARTS) is 1. The van der Waals surface area contributed by atoms with E-state index in [0.29, 0.717) is 17.9 Å². The Morgan fingerprint density at radius 3 is 3.00 bits per heavy atom. The van der Waals surface area contributed by atoms with Gasteiger partial charge in [-0.25, -0.2) is 0 Å². The van der Waals surface area contributed by atoms with Crippen LogP contribution in [-0.2, 0) is 23.2 Å². The van der Waals surface area contributed by atoms with Gasteiger partial charge in [0.2, 0.25) is 5.91 Å². The van der Waals surface area contributed by atoms with Gasteiger partial charge in [-0.1, -0.05) is 0 Å². The van der Waals surface area contributed by atoms with Crippen molar-refractivity contribution in [2.45, 2.75) is 18.0 Å². The molecule has 2 atom stereocenters. The molecule has 2 aliphatic rings. The molecular formula is C12H14N4O3S. The fourth-order valence-electron chi connectivity index (χ4n) is 2.50. The van der Waals surface area contributed by atoms with Gasteiger partial charge in [0.1, 0.15) is 18.0 Å². The molecule has 0 radical (unpaired) electrons. The fraction of sp³-hybridized carbons (Fsp3) is 0.417. The molecule has 1 aromatic heterocycles. The molecule has 7 nitrogen and oxygen atoms in total. The maximum Gasteiger partial charge on any atom is 0.248 e. The molecule has 0 aromatic carbocycles. The average molecular weight is 294 g/mol. The van der Waals surface area contributed by atoms with E-state index in [-0.39, 0.29) is 17.0 Å². The zero-order valence-electron chi connectivity index (χ0n) is 10.9. The number of aromatic nitrogens is 2. The lowest BCUT2D eigenvalue weighted by atomic mass is 10.0. The quantitative estimate of drug-likeness (QED) is 0.493. The van der Waals surface area contributed by atoms with E-state index in [1.54, 1.807) is 0 Å². The summed E-state index contributed by atoms with van der Waals surface area (Å²) in [5.41, 5.74) is 6.33. The number of hydrogen-bond acceptors (Lipinski definition) is 5. The minimum absolute atomic E-state index is 0.0193. The number of carbonyl (C=O) groups excluding carboxylic acids is 2. The van der Waals surface area contributed by atoms with Crippen molar-refractivity contribution in [3.63, 3.8) is 0 Å². The number of hydrogen-bond donors (Lipinski definition) is 1. The van der Waals surface area contributed by atoms with Crippen molar-refractivity contribution in [2.75, 3.05) is 5.75 Å². The fourth-order valence-corrected chi connectivity index (χ4v) is 3.79. The third-order valence-corrected chi connectivity index (χ3v) is 4.96. The molecule has 0 spiro atoms. The molecule has 3 heterocycles. The first-order chi connectivity index (χ1) is 9.50. The van der Waals surface area contributed by atoms with Crippen LogP contribution in [0.25, 0.3) is 0 Å². The summed E-state index contributed by atoms with van der Waals surface area (Å²) in [5.74, 6) is -1.14. The van der Waals surface area contributed by atoms with Crippen LogP contribution in [0.3, 0.4) is 0 Å². The van der Waals surface area contributed by atoms with Gasteiger partial charge in [0.15, 0.2) is 13.2 Å². The van der Waals surface area contributed by atoms with Gasteiger partial charge in [0.25, 0.3) is 0 Å². The molecule has 1 aromatic rings. The average Bonchev–Trinajstić information content (AvgIpc) is 2.82. The van der Waals surface area contributed by atoms with Gasteiger partial charge in [0.05, 0.1) is 17.9 Å². The van der Waals surface area contributed by atoms with E-state index in [1.807, 2.05) is 34.9 Å². The topological polar surface area (TPSA) is 95.3 Å². The molecule has 2 aliphatic heterocycles. The second-order valence-corrected chi connectivity index (χ2v) is 5.94. The van der Waals surface area contributed by atoms with E-state index in [0.717, 1.165) is 0 Å². The summed E-state index contributed by atoms with van der Waals surface area (Å²) >= 11 is 1.49. The smallest absolute Gasteiger partial charge is 0.248 e. The van der Waals surface area contributed by atoms with Crippen molar-refractivity contribution >= 4 is 23.6 Å². The number of nitrogens with zero attached hydrogens (tertiary/aromatic N) is 3. The van der Waals surface area contributed by atoms with Crippen LogP contribution in [0.2, 0.25) is 0 Å². The zero-order chi connectivity index (χ0) is 14.4. The van der Waals surface area contributed by atoms with Gasteiger partial charge >= 0.3 is 0 Å². The van der Waals surface area contributed by atoms with Crippen molar-refractivity contribution in [2.24, 2.45) is 12.8 Å². The van der Waals surface area contributed by atoms with Crippen LogP contribution in [0.5, 0.6) is 0 Å². The Labute approximate surface area is 119 Å². The van der Waals surface area contributed by atoms with E-state index < -0.39 is 12.0 Å². The van der Waals surface area contributed by atoms with Crippen LogP contribution in [0.15, 0.2) is 29.7 Å². The summed E-state index contributed by atoms with van der Waals surface area (Å²) in [6.07, 6.45) is 3.71. The Morgan fingerprint density at radius 2 is 2.40 bits per heavy atom. The standard InChI is InChI=1S/C12H14N4O3S/c1-14-3-2-4-15(14)5-7-6-20-11-8(13)10(17)16(11)9(7)12(18)19/h2-4,8,11H,5-6,13H2,1H3/t8-,11-/m1/s1. The van der Waals surface area contributed by atoms with E-state index in [4.69, 9.17) is 5.73 Å². The first-order valence-electron chi connectivity index (χ1n) is 6.15. The lowest BCUT2D eigenvalue weighted by Crippen LogP contribution is -2.69. The van der Waals surface area contributed by atoms with E-state index in [9.17, 15) is 14.7 Å². The minimum Gasteiger partial charge on any atom is -0.543 e. The predicted molar refractivity (Wildman–Crippen MR) is 68.7 cm³/mol. The summed E-state index contributed by atoms with van der Waals surface area (Å²) in [7, 11) is 1.86. The largest absolute Gasteiger partial charge is 0.543 e. The SMILES string of the molecule is C[n+]1cccn1CC1=C(C(=O)[O-])N2C(=O)[C@@H](N)[C@H]2SC1. The highest BCUT2D eigenvalue weighted by molar-refractivity contribution is 8.00. The second-order valence-electron chi connectivity index (χ2n) is 4.84. The summed E-state index contributed by atoms with van der Waals surface area (Å²) in [4.78, 5) is 24.4. The number of thioether (sulfide) groups is 1. The Bertz CT molecular complexity index is 624. The monoisotopic (exact) mass is 294 g/mol. The molecule has 0 unspecified atom stereocenters. The molecule has 1 fully saturated rings. The Balaban J connectivity index is 1.96. The summed E-state index contributed by atoms with van der Waals surface area (Å²) in [6, 6.07) is 1.25. The van der Waals surface area contributed by atoms with Gasteiger partial charge in [-0.15, -0.1) is 16.4 Å². The first kappa shape index (κ1) is 13.2. The van der Waals surface area contributed by atoms with Crippen molar-refractivity contribution < 1.29 is 19.4 Å². The maximum absolute atomic E-state index is 11.8. The molecule has 0 aliphatic carbocycles. The van der Waals surface area contributed by atoms with Crippen molar-refractivity contribution in [1.82, 2.24) is 9.58 Å². The van der Waals surface area contributed by atoms with Crippen LogP contribution < -0.4 is 15.5 Å². The highest BCUT2D eigenvalue weighted by Crippen LogP contribution is 2.39. The molecule has 2 N–H and O–H groups in total. The Morgan fingerprint density at radius 1 is 1.65 bits per heavy atom. The van der Waals surface area contributed by atoms with E-state index in [2.05, 4.69) is 0 Å². The predicted octanol–water partition coefficient (Wildman–Crippen LogP) is -2.44. The molecule has 20 heavy (non-hydrogen) atoms. The maximum atomic E-state index is 11.8. The molecule has 1 amide bonds. The van der Waals surface area contributed by atoms with E-state index in [1.165, 1.54) is 16.7 Å². The summed E-state index contributed by atoms with van der Waals surface area (Å²) < 4.78 is 3.71. The normalized spacial score (nSPS) is 25.5. The number of aliphatic carboxylic acids is 1. The van der Waals surface area contributed by atoms with Gasteiger partial charge in [-0.2, -0.15) is 4.68 Å². The van der Waals surface area contributed by atoms with Crippen LogP contribution in [0, 0.1) is 0 Å². The first-order valence-corrected chi connectivity index (χ1v) is 7.20. The second kappa shape index (κ2) is 4.64. The number of carbonyl (C=O) groups is 2. The molecule has 0 bridgehead atoms. The Hall–Kier alpha value is -1.80. The number of fused-ring (bicyclic) bond motifs is 1. The van der Waals surface area contributed by atoms with Gasteiger partial charge in [-0.3, -0.25) is 9.69 Å². The zero-order valence-corrected chi connectivity index (χ0v) is 11.7. The number of aryl methyl sites for hydroxylation is 1. The molecule has 106 valence electrons. The van der Waals surface area contributed by atoms with Gasteiger partial charge in [-0.05, 0) is 5.57 Å². The summed E-state index contributed by atoms with van der Waals surface area (Å²) in [5, 5.41) is 11.1. The van der Waals surface area contributed by atoms with Crippen LogP contribution >= 0.6 is 11.8 Å². The third kappa shape index (κ3) is 1.83. The number of β-lactam (4-membered cyclic amide) rings is 1. The van der Waals surface area contributed by atoms with Gasteiger partial charge < -0.3 is 15.6 Å². The number of amides is 1. The summed E-state index contributed by atoms with van der Waals surface area (Å²) in [6.45, 7) is 0.408. The van der Waals surface area contributed by atoms with Crippen LogP contribution in [0.1, 0.15) is 0 Å².